The maximum Gasteiger partial charge on any atom is 0.0661 e. The van der Waals surface area contributed by atoms with Crippen LogP contribution in [-0.4, -0.2) is 36.5 Å². The lowest BCUT2D eigenvalue weighted by molar-refractivity contribution is -0.0504. The van der Waals surface area contributed by atoms with Crippen molar-refractivity contribution in [1.82, 2.24) is 5.32 Å². The van der Waals surface area contributed by atoms with Crippen molar-refractivity contribution in [2.75, 3.05) is 20.2 Å². The first-order valence-electron chi connectivity index (χ1n) is 6.36. The van der Waals surface area contributed by atoms with Crippen LogP contribution in [0.4, 0.5) is 0 Å². The fourth-order valence-corrected chi connectivity index (χ4v) is 2.24. The molecule has 0 spiro atoms. The summed E-state index contributed by atoms with van der Waals surface area (Å²) < 4.78 is 5.39. The van der Waals surface area contributed by atoms with Gasteiger partial charge in [0.1, 0.15) is 0 Å². The average Bonchev–Trinajstić information content (AvgIpc) is 2.28. The maximum absolute atomic E-state index is 10.5. The van der Waals surface area contributed by atoms with Crippen LogP contribution in [0.5, 0.6) is 0 Å². The third-order valence-corrected chi connectivity index (χ3v) is 3.96. The zero-order valence-electron chi connectivity index (χ0n) is 11.2. The summed E-state index contributed by atoms with van der Waals surface area (Å²) in [5, 5.41) is 13.9. The minimum atomic E-state index is -0.566. The van der Waals surface area contributed by atoms with Crippen molar-refractivity contribution in [3.8, 4) is 0 Å². The van der Waals surface area contributed by atoms with Crippen LogP contribution < -0.4 is 5.32 Å². The van der Waals surface area contributed by atoms with E-state index in [0.717, 1.165) is 32.4 Å². The quantitative estimate of drug-likeness (QED) is 0.757. The van der Waals surface area contributed by atoms with E-state index in [0.29, 0.717) is 5.92 Å². The number of methoxy groups -OCH3 is 1. The van der Waals surface area contributed by atoms with E-state index in [2.05, 4.69) is 19.2 Å². The summed E-state index contributed by atoms with van der Waals surface area (Å²) in [6.07, 6.45) is 4.01. The van der Waals surface area contributed by atoms with Crippen LogP contribution in [0.15, 0.2) is 0 Å². The van der Waals surface area contributed by atoms with Crippen molar-refractivity contribution in [1.29, 1.82) is 0 Å². The van der Waals surface area contributed by atoms with Gasteiger partial charge >= 0.3 is 0 Å². The van der Waals surface area contributed by atoms with Gasteiger partial charge in [-0.1, -0.05) is 0 Å². The average molecular weight is 229 g/mol. The molecule has 1 aliphatic rings. The monoisotopic (exact) mass is 229 g/mol. The lowest BCUT2D eigenvalue weighted by Gasteiger charge is -2.37. The molecule has 3 nitrogen and oxygen atoms in total. The van der Waals surface area contributed by atoms with E-state index in [4.69, 9.17) is 4.74 Å². The molecule has 96 valence electrons. The predicted octanol–water partition coefficient (Wildman–Crippen LogP) is 1.94. The minimum Gasteiger partial charge on any atom is -0.390 e. The normalized spacial score (nSPS) is 26.4. The topological polar surface area (TPSA) is 41.5 Å². The molecule has 16 heavy (non-hydrogen) atoms. The van der Waals surface area contributed by atoms with E-state index in [9.17, 15) is 5.11 Å². The van der Waals surface area contributed by atoms with Crippen LogP contribution >= 0.6 is 0 Å². The molecule has 0 saturated carbocycles. The fraction of sp³-hybridized carbons (Fsp3) is 1.00. The highest BCUT2D eigenvalue weighted by atomic mass is 16.5. The molecule has 0 bridgehead atoms. The molecule has 0 amide bonds. The summed E-state index contributed by atoms with van der Waals surface area (Å²) in [5.74, 6) is 0.383. The van der Waals surface area contributed by atoms with E-state index in [1.165, 1.54) is 6.42 Å². The van der Waals surface area contributed by atoms with E-state index in [1.807, 2.05) is 6.92 Å². The van der Waals surface area contributed by atoms with Gasteiger partial charge in [0.15, 0.2) is 0 Å². The van der Waals surface area contributed by atoms with Crippen molar-refractivity contribution in [2.45, 2.75) is 57.7 Å². The molecular formula is C13H27NO2. The van der Waals surface area contributed by atoms with Crippen LogP contribution in [-0.2, 0) is 4.74 Å². The molecule has 0 aromatic carbocycles. The molecule has 0 aliphatic carbocycles. The Morgan fingerprint density at radius 3 is 2.50 bits per heavy atom. The van der Waals surface area contributed by atoms with Gasteiger partial charge in [-0.2, -0.15) is 0 Å². The van der Waals surface area contributed by atoms with Crippen molar-refractivity contribution in [3.05, 3.63) is 0 Å². The molecule has 1 rings (SSSR count). The molecule has 1 heterocycles. The van der Waals surface area contributed by atoms with Gasteiger partial charge in [0.05, 0.1) is 11.2 Å². The Balaban J connectivity index is 2.43. The lowest BCUT2D eigenvalue weighted by atomic mass is 9.79. The first-order chi connectivity index (χ1) is 7.37. The van der Waals surface area contributed by atoms with Crippen LogP contribution in [0.2, 0.25) is 0 Å². The Morgan fingerprint density at radius 1 is 1.31 bits per heavy atom. The highest BCUT2D eigenvalue weighted by molar-refractivity contribution is 4.87. The Kier molecular flexibility index (Phi) is 4.77. The Bertz CT molecular complexity index is 208. The predicted molar refractivity (Wildman–Crippen MR) is 66.5 cm³/mol. The number of hydrogen-bond donors (Lipinski definition) is 2. The van der Waals surface area contributed by atoms with Gasteiger partial charge in [-0.05, 0) is 58.9 Å². The summed E-state index contributed by atoms with van der Waals surface area (Å²) in [6, 6.07) is 0. The molecule has 2 atom stereocenters. The van der Waals surface area contributed by atoms with E-state index < -0.39 is 5.60 Å². The third kappa shape index (κ3) is 4.04. The molecule has 0 aromatic rings. The minimum absolute atomic E-state index is 0.133. The molecule has 2 unspecified atom stereocenters. The third-order valence-electron chi connectivity index (χ3n) is 3.96. The number of hydrogen-bond acceptors (Lipinski definition) is 3. The van der Waals surface area contributed by atoms with Gasteiger partial charge in [0.2, 0.25) is 0 Å². The number of aliphatic hydroxyl groups is 1. The summed E-state index contributed by atoms with van der Waals surface area (Å²) in [6.45, 7) is 8.15. The highest BCUT2D eigenvalue weighted by Crippen LogP contribution is 2.30. The smallest absolute Gasteiger partial charge is 0.0661 e. The van der Waals surface area contributed by atoms with Crippen LogP contribution in [0, 0.1) is 5.92 Å². The second kappa shape index (κ2) is 5.48. The molecule has 1 aliphatic heterocycles. The van der Waals surface area contributed by atoms with Crippen LogP contribution in [0.3, 0.4) is 0 Å². The van der Waals surface area contributed by atoms with E-state index >= 15 is 0 Å². The van der Waals surface area contributed by atoms with Crippen molar-refractivity contribution in [3.63, 3.8) is 0 Å². The van der Waals surface area contributed by atoms with Crippen molar-refractivity contribution >= 4 is 0 Å². The van der Waals surface area contributed by atoms with Crippen LogP contribution in [0.25, 0.3) is 0 Å². The lowest BCUT2D eigenvalue weighted by Crippen LogP contribution is -2.45. The zero-order chi connectivity index (χ0) is 12.2. The summed E-state index contributed by atoms with van der Waals surface area (Å²) in [5.41, 5.74) is -0.699. The molecule has 2 N–H and O–H groups in total. The molecule has 0 aromatic heterocycles. The largest absolute Gasteiger partial charge is 0.390 e. The number of rotatable bonds is 5. The SMILES string of the molecule is COC(C)(C)CCC(C)(O)C1CCCNC1. The van der Waals surface area contributed by atoms with Gasteiger partial charge in [0.25, 0.3) is 0 Å². The van der Waals surface area contributed by atoms with E-state index in [1.54, 1.807) is 7.11 Å². The highest BCUT2D eigenvalue weighted by Gasteiger charge is 2.34. The molecule has 3 heteroatoms. The summed E-state index contributed by atoms with van der Waals surface area (Å²) in [7, 11) is 1.73. The number of nitrogens with one attached hydrogen (secondary N) is 1. The zero-order valence-corrected chi connectivity index (χ0v) is 11.2. The second-order valence-electron chi connectivity index (χ2n) is 5.86. The summed E-state index contributed by atoms with van der Waals surface area (Å²) in [4.78, 5) is 0. The molecule has 1 fully saturated rings. The van der Waals surface area contributed by atoms with Gasteiger partial charge in [-0.25, -0.2) is 0 Å². The van der Waals surface area contributed by atoms with E-state index in [-0.39, 0.29) is 5.60 Å². The summed E-state index contributed by atoms with van der Waals surface area (Å²) >= 11 is 0. The Morgan fingerprint density at radius 2 is 2.00 bits per heavy atom. The number of ether oxygens (including phenoxy) is 1. The van der Waals surface area contributed by atoms with Gasteiger partial charge in [-0.15, -0.1) is 0 Å². The Hall–Kier alpha value is -0.120. The van der Waals surface area contributed by atoms with Crippen molar-refractivity contribution in [2.24, 2.45) is 5.92 Å². The van der Waals surface area contributed by atoms with Crippen molar-refractivity contribution < 1.29 is 9.84 Å². The van der Waals surface area contributed by atoms with Gasteiger partial charge in [-0.3, -0.25) is 0 Å². The van der Waals surface area contributed by atoms with Crippen LogP contribution in [0.1, 0.15) is 46.5 Å². The molecule has 0 radical (unpaired) electrons. The second-order valence-corrected chi connectivity index (χ2v) is 5.86. The van der Waals surface area contributed by atoms with Gasteiger partial charge < -0.3 is 15.2 Å². The number of piperidine rings is 1. The first kappa shape index (κ1) is 13.9. The van der Waals surface area contributed by atoms with Gasteiger partial charge in [0, 0.05) is 13.7 Å². The Labute approximate surface area is 99.6 Å². The fourth-order valence-electron chi connectivity index (χ4n) is 2.24. The molecule has 1 saturated heterocycles. The standard InChI is InChI=1S/C13H27NO2/c1-12(2,16-4)7-8-13(3,15)11-6-5-9-14-10-11/h11,14-15H,5-10H2,1-4H3. The maximum atomic E-state index is 10.5. The molecular weight excluding hydrogens is 202 g/mol. The first-order valence-corrected chi connectivity index (χ1v) is 6.36.